The number of hydrogen-bond donors (Lipinski definition) is 3. The highest BCUT2D eigenvalue weighted by molar-refractivity contribution is 6.39. The van der Waals surface area contributed by atoms with Crippen LogP contribution in [0.1, 0.15) is 75.2 Å². The highest BCUT2D eigenvalue weighted by Crippen LogP contribution is 2.41. The van der Waals surface area contributed by atoms with Crippen LogP contribution in [0.5, 0.6) is 0 Å². The van der Waals surface area contributed by atoms with Crippen molar-refractivity contribution in [3.8, 4) is 0 Å². The average molecular weight is 800 g/mol. The van der Waals surface area contributed by atoms with Gasteiger partial charge < -0.3 is 25.4 Å². The molecule has 292 valence electrons. The van der Waals surface area contributed by atoms with Crippen LogP contribution in [0.3, 0.4) is 0 Å². The SMILES string of the molecule is CC(C)(C)C(=O)NCc1ccc(Cl)c(Nc2nc3cc(C(=O)NC4CCC(C(F)(F)F)CC4)c(N4CCC(C(F)(F)F)CC4)cc3n2CC(F)F)c1Cl. The predicted molar refractivity (Wildman–Crippen MR) is 187 cm³/mol. The highest BCUT2D eigenvalue weighted by Gasteiger charge is 2.43. The summed E-state index contributed by atoms with van der Waals surface area (Å²) in [6, 6.07) is 5.27. The predicted octanol–water partition coefficient (Wildman–Crippen LogP) is 9.64. The van der Waals surface area contributed by atoms with E-state index in [0.29, 0.717) is 5.56 Å². The van der Waals surface area contributed by atoms with Gasteiger partial charge in [0.2, 0.25) is 11.9 Å². The molecule has 0 unspecified atom stereocenters. The van der Waals surface area contributed by atoms with Crippen LogP contribution in [-0.4, -0.2) is 59.3 Å². The topological polar surface area (TPSA) is 91.3 Å². The second-order valence-corrected chi connectivity index (χ2v) is 15.4. The van der Waals surface area contributed by atoms with E-state index >= 15 is 0 Å². The normalized spacial score (nSPS) is 19.2. The van der Waals surface area contributed by atoms with Crippen molar-refractivity contribution in [2.24, 2.45) is 17.3 Å². The van der Waals surface area contributed by atoms with E-state index in [2.05, 4.69) is 20.9 Å². The summed E-state index contributed by atoms with van der Waals surface area (Å²) in [5.41, 5.74) is 0.243. The molecule has 1 aliphatic heterocycles. The Bertz CT molecular complexity index is 1810. The van der Waals surface area contributed by atoms with Crippen LogP contribution in [0.25, 0.3) is 11.0 Å². The summed E-state index contributed by atoms with van der Waals surface area (Å²) in [5.74, 6) is -4.10. The summed E-state index contributed by atoms with van der Waals surface area (Å²) in [6.45, 7) is 4.17. The van der Waals surface area contributed by atoms with E-state index in [1.54, 1.807) is 31.7 Å². The first-order chi connectivity index (χ1) is 24.6. The lowest BCUT2D eigenvalue weighted by atomic mass is 9.85. The number of nitrogens with one attached hydrogen (secondary N) is 3. The van der Waals surface area contributed by atoms with Gasteiger partial charge in [0.15, 0.2) is 0 Å². The number of carbonyl (C=O) groups excluding carboxylic acids is 2. The summed E-state index contributed by atoms with van der Waals surface area (Å²) in [6.07, 6.45) is -12.4. The third kappa shape index (κ3) is 9.59. The third-order valence-electron chi connectivity index (χ3n) is 9.78. The van der Waals surface area contributed by atoms with Gasteiger partial charge in [0.1, 0.15) is 0 Å². The molecule has 2 heterocycles. The third-order valence-corrected chi connectivity index (χ3v) is 10.5. The number of imidazole rings is 1. The fourth-order valence-electron chi connectivity index (χ4n) is 6.70. The number of carbonyl (C=O) groups is 2. The van der Waals surface area contributed by atoms with Gasteiger partial charge in [-0.15, -0.1) is 0 Å². The van der Waals surface area contributed by atoms with Crippen LogP contribution in [0.15, 0.2) is 24.3 Å². The van der Waals surface area contributed by atoms with Gasteiger partial charge >= 0.3 is 12.4 Å². The van der Waals surface area contributed by atoms with E-state index in [1.807, 2.05) is 0 Å². The number of piperidine rings is 1. The summed E-state index contributed by atoms with van der Waals surface area (Å²) >= 11 is 13.2. The van der Waals surface area contributed by atoms with Crippen molar-refractivity contribution in [1.29, 1.82) is 0 Å². The minimum Gasteiger partial charge on any atom is -0.371 e. The zero-order valence-corrected chi connectivity index (χ0v) is 30.6. The molecule has 0 spiro atoms. The number of aromatic nitrogens is 2. The Morgan fingerprint density at radius 1 is 0.906 bits per heavy atom. The molecule has 8 nitrogen and oxygen atoms in total. The first kappa shape index (κ1) is 40.7. The lowest BCUT2D eigenvalue weighted by Gasteiger charge is -2.35. The molecule has 5 rings (SSSR count). The van der Waals surface area contributed by atoms with E-state index in [-0.39, 0.29) is 108 Å². The zero-order valence-electron chi connectivity index (χ0n) is 29.1. The number of benzene rings is 2. The van der Waals surface area contributed by atoms with Crippen LogP contribution in [-0.2, 0) is 17.9 Å². The highest BCUT2D eigenvalue weighted by atomic mass is 35.5. The second-order valence-electron chi connectivity index (χ2n) is 14.6. The molecular weight excluding hydrogens is 759 g/mol. The number of alkyl halides is 8. The molecule has 2 aliphatic rings. The molecule has 2 fully saturated rings. The molecular formula is C35H40Cl2F8N6O2. The monoisotopic (exact) mass is 798 g/mol. The number of anilines is 3. The summed E-state index contributed by atoms with van der Waals surface area (Å²) < 4.78 is 110. The van der Waals surface area contributed by atoms with Crippen molar-refractivity contribution in [3.63, 3.8) is 0 Å². The van der Waals surface area contributed by atoms with E-state index in [1.165, 1.54) is 18.2 Å². The first-order valence-corrected chi connectivity index (χ1v) is 17.9. The molecule has 0 atom stereocenters. The largest absolute Gasteiger partial charge is 0.391 e. The lowest BCUT2D eigenvalue weighted by molar-refractivity contribution is -0.182. The van der Waals surface area contributed by atoms with Gasteiger partial charge in [-0.25, -0.2) is 13.8 Å². The average Bonchev–Trinajstić information content (AvgIpc) is 3.39. The Hall–Kier alpha value is -3.53. The van der Waals surface area contributed by atoms with Crippen LogP contribution < -0.4 is 20.9 Å². The fraction of sp³-hybridized carbons (Fsp3) is 0.571. The van der Waals surface area contributed by atoms with Crippen molar-refractivity contribution in [3.05, 3.63) is 45.4 Å². The maximum atomic E-state index is 14.1. The van der Waals surface area contributed by atoms with Gasteiger partial charge in [-0.05, 0) is 62.3 Å². The molecule has 1 saturated heterocycles. The minimum absolute atomic E-state index is 0.0122. The molecule has 3 N–H and O–H groups in total. The number of hydrogen-bond acceptors (Lipinski definition) is 5. The molecule has 2 amide bonds. The number of rotatable bonds is 9. The van der Waals surface area contributed by atoms with Gasteiger partial charge in [0, 0.05) is 31.1 Å². The number of amides is 2. The Balaban J connectivity index is 1.52. The molecule has 2 aromatic carbocycles. The molecule has 1 saturated carbocycles. The molecule has 1 aliphatic carbocycles. The Kier molecular flexibility index (Phi) is 12.0. The molecule has 0 radical (unpaired) electrons. The maximum Gasteiger partial charge on any atom is 0.391 e. The fourth-order valence-corrected chi connectivity index (χ4v) is 7.23. The van der Waals surface area contributed by atoms with Gasteiger partial charge in [0.25, 0.3) is 12.3 Å². The minimum atomic E-state index is -4.42. The van der Waals surface area contributed by atoms with Gasteiger partial charge in [-0.1, -0.05) is 50.0 Å². The maximum absolute atomic E-state index is 14.1. The van der Waals surface area contributed by atoms with Crippen molar-refractivity contribution in [2.75, 3.05) is 23.3 Å². The molecule has 3 aromatic rings. The number of nitrogens with zero attached hydrogens (tertiary/aromatic N) is 3. The molecule has 1 aromatic heterocycles. The van der Waals surface area contributed by atoms with Crippen LogP contribution >= 0.6 is 23.2 Å². The van der Waals surface area contributed by atoms with Gasteiger partial charge in [-0.3, -0.25) is 9.59 Å². The standard InChI is InChI=1S/C35H40Cl2F8N6O2/c1-33(2,3)31(53)46-16-18-4-9-23(36)29(28(18)37)49-32-48-24-14-22(30(52)47-21-7-5-19(6-8-21)34(40,41)42)25(15-26(24)51(32)17-27(38)39)50-12-10-20(11-13-50)35(43,44)45/h4,9,14-15,19-21,27H,5-8,10-13,16-17H2,1-3H3,(H,46,53)(H,47,52)(H,48,49). The van der Waals surface area contributed by atoms with Gasteiger partial charge in [-0.2, -0.15) is 26.3 Å². The second kappa shape index (κ2) is 15.7. The quantitative estimate of drug-likeness (QED) is 0.188. The molecule has 18 heteroatoms. The van der Waals surface area contributed by atoms with Gasteiger partial charge in [0.05, 0.1) is 56.4 Å². The summed E-state index contributed by atoms with van der Waals surface area (Å²) in [5, 5.41) is 8.67. The lowest BCUT2D eigenvalue weighted by Crippen LogP contribution is -2.42. The van der Waals surface area contributed by atoms with Crippen molar-refractivity contribution >= 4 is 63.4 Å². The van der Waals surface area contributed by atoms with E-state index in [0.717, 1.165) is 4.57 Å². The van der Waals surface area contributed by atoms with E-state index < -0.39 is 54.5 Å². The smallest absolute Gasteiger partial charge is 0.371 e. The summed E-state index contributed by atoms with van der Waals surface area (Å²) in [7, 11) is 0. The zero-order chi connectivity index (χ0) is 39.0. The first-order valence-electron chi connectivity index (χ1n) is 17.2. The molecule has 53 heavy (non-hydrogen) atoms. The Morgan fingerprint density at radius 2 is 1.51 bits per heavy atom. The number of fused-ring (bicyclic) bond motifs is 1. The van der Waals surface area contributed by atoms with E-state index in [4.69, 9.17) is 23.2 Å². The Morgan fingerprint density at radius 3 is 2.08 bits per heavy atom. The van der Waals surface area contributed by atoms with Crippen molar-refractivity contribution in [2.45, 2.75) is 97.2 Å². The van der Waals surface area contributed by atoms with Crippen LogP contribution in [0, 0.1) is 17.3 Å². The Labute approximate surface area is 310 Å². The molecule has 0 bridgehead atoms. The summed E-state index contributed by atoms with van der Waals surface area (Å²) in [4.78, 5) is 32.4. The van der Waals surface area contributed by atoms with Crippen LogP contribution in [0.2, 0.25) is 10.0 Å². The number of halogens is 10. The van der Waals surface area contributed by atoms with E-state index in [9.17, 15) is 44.7 Å². The van der Waals surface area contributed by atoms with Crippen molar-refractivity contribution < 1.29 is 44.7 Å². The van der Waals surface area contributed by atoms with Crippen LogP contribution in [0.4, 0.5) is 52.4 Å². The van der Waals surface area contributed by atoms with Crippen molar-refractivity contribution in [1.82, 2.24) is 20.2 Å².